The lowest BCUT2D eigenvalue weighted by atomic mass is 10.1. The van der Waals surface area contributed by atoms with E-state index in [-0.39, 0.29) is 12.3 Å². The number of imidazole rings is 1. The highest BCUT2D eigenvalue weighted by Gasteiger charge is 2.36. The molecule has 1 saturated heterocycles. The molecule has 0 radical (unpaired) electrons. The normalized spacial score (nSPS) is 24.7. The maximum Gasteiger partial charge on any atom is 0.472 e. The molecule has 10 nitrogen and oxygen atoms in total. The number of anilines is 1. The van der Waals surface area contributed by atoms with E-state index in [0.29, 0.717) is 29.8 Å². The van der Waals surface area contributed by atoms with E-state index in [0.717, 1.165) is 0 Å². The van der Waals surface area contributed by atoms with Crippen LogP contribution in [0.1, 0.15) is 39.8 Å². The third-order valence-electron chi connectivity index (χ3n) is 3.89. The Morgan fingerprint density at radius 3 is 2.80 bits per heavy atom. The number of nitrogens with two attached hydrogens (primary N) is 1. The van der Waals surface area contributed by atoms with Crippen LogP contribution in [0.2, 0.25) is 0 Å². The maximum atomic E-state index is 11.9. The summed E-state index contributed by atoms with van der Waals surface area (Å²) in [5.74, 6) is 0.307. The minimum atomic E-state index is -4.12. The van der Waals surface area contributed by atoms with Gasteiger partial charge in [0.05, 0.1) is 24.6 Å². The second-order valence-electron chi connectivity index (χ2n) is 6.22. The van der Waals surface area contributed by atoms with Crippen molar-refractivity contribution in [3.63, 3.8) is 0 Å². The fourth-order valence-electron chi connectivity index (χ4n) is 2.84. The molecule has 3 heterocycles. The maximum absolute atomic E-state index is 11.9. The van der Waals surface area contributed by atoms with Gasteiger partial charge in [0.15, 0.2) is 11.5 Å². The lowest BCUT2D eigenvalue weighted by molar-refractivity contribution is -0.0536. The van der Waals surface area contributed by atoms with Crippen LogP contribution in [0.15, 0.2) is 12.7 Å². The van der Waals surface area contributed by atoms with Crippen LogP contribution in [-0.4, -0.2) is 42.7 Å². The number of nitrogen functional groups attached to an aromatic ring is 1. The van der Waals surface area contributed by atoms with Gasteiger partial charge in [-0.25, -0.2) is 19.5 Å². The lowest BCUT2D eigenvalue weighted by Crippen LogP contribution is -2.26. The van der Waals surface area contributed by atoms with E-state index in [1.54, 1.807) is 31.7 Å². The van der Waals surface area contributed by atoms with Crippen molar-refractivity contribution in [2.24, 2.45) is 0 Å². The molecule has 11 heteroatoms. The van der Waals surface area contributed by atoms with Crippen LogP contribution in [0.3, 0.4) is 0 Å². The Hall–Kier alpha value is -1.58. The highest BCUT2D eigenvalue weighted by Crippen LogP contribution is 2.47. The van der Waals surface area contributed by atoms with Gasteiger partial charge in [-0.1, -0.05) is 0 Å². The second kappa shape index (κ2) is 6.97. The van der Waals surface area contributed by atoms with Crippen LogP contribution in [0.4, 0.5) is 5.82 Å². The van der Waals surface area contributed by atoms with Crippen LogP contribution in [0.25, 0.3) is 11.2 Å². The number of nitrogens with zero attached hydrogens (tertiary/aromatic N) is 4. The van der Waals surface area contributed by atoms with E-state index < -0.39 is 20.0 Å². The first-order valence-electron chi connectivity index (χ1n) is 8.05. The van der Waals surface area contributed by atoms with Crippen LogP contribution < -0.4 is 5.73 Å². The Morgan fingerprint density at radius 2 is 2.08 bits per heavy atom. The summed E-state index contributed by atoms with van der Waals surface area (Å²) in [5, 5.41) is 0. The minimum Gasteiger partial charge on any atom is -0.382 e. The molecule has 0 amide bonds. The summed E-state index contributed by atoms with van der Waals surface area (Å²) in [6.07, 6.45) is 2.66. The zero-order valence-corrected chi connectivity index (χ0v) is 15.2. The summed E-state index contributed by atoms with van der Waals surface area (Å²) in [6, 6.07) is 0. The summed E-state index contributed by atoms with van der Waals surface area (Å²) in [6.45, 7) is 5.01. The van der Waals surface area contributed by atoms with Gasteiger partial charge in [-0.05, 0) is 33.6 Å². The molecule has 3 N–H and O–H groups in total. The van der Waals surface area contributed by atoms with Gasteiger partial charge in [0.25, 0.3) is 0 Å². The predicted molar refractivity (Wildman–Crippen MR) is 89.5 cm³/mol. The predicted octanol–water partition coefficient (Wildman–Crippen LogP) is 2.02. The second-order valence-corrected chi connectivity index (χ2v) is 7.58. The Labute approximate surface area is 144 Å². The van der Waals surface area contributed by atoms with Crippen LogP contribution >= 0.6 is 7.82 Å². The monoisotopic (exact) mass is 371 g/mol. The van der Waals surface area contributed by atoms with Crippen LogP contribution in [0, 0.1) is 0 Å². The van der Waals surface area contributed by atoms with Crippen molar-refractivity contribution in [3.05, 3.63) is 12.7 Å². The lowest BCUT2D eigenvalue weighted by Gasteiger charge is -2.23. The quantitative estimate of drug-likeness (QED) is 0.731. The summed E-state index contributed by atoms with van der Waals surface area (Å²) in [5.41, 5.74) is 6.90. The van der Waals surface area contributed by atoms with Crippen LogP contribution in [-0.2, 0) is 18.3 Å². The van der Waals surface area contributed by atoms with Crippen molar-refractivity contribution in [2.75, 3.05) is 5.73 Å². The van der Waals surface area contributed by atoms with E-state index in [4.69, 9.17) is 19.5 Å². The van der Waals surface area contributed by atoms with Gasteiger partial charge in [0.1, 0.15) is 18.1 Å². The molecule has 1 aliphatic heterocycles. The van der Waals surface area contributed by atoms with Crippen molar-refractivity contribution in [1.82, 2.24) is 19.5 Å². The highest BCUT2D eigenvalue weighted by molar-refractivity contribution is 7.47. The molecule has 1 fully saturated rings. The van der Waals surface area contributed by atoms with Crippen molar-refractivity contribution in [2.45, 2.75) is 58.2 Å². The van der Waals surface area contributed by atoms with Crippen molar-refractivity contribution in [1.29, 1.82) is 0 Å². The molecule has 0 spiro atoms. The van der Waals surface area contributed by atoms with E-state index >= 15 is 0 Å². The summed E-state index contributed by atoms with van der Waals surface area (Å²) < 4.78 is 29.8. The van der Waals surface area contributed by atoms with Gasteiger partial charge in [0, 0.05) is 0 Å². The average Bonchev–Trinajstić information content (AvgIpc) is 3.11. The molecule has 138 valence electrons. The number of hydrogen-bond donors (Lipinski definition) is 2. The molecular formula is C14H22N5O5P. The third-order valence-corrected chi connectivity index (χ3v) is 5.18. The molecule has 0 aliphatic carbocycles. The Morgan fingerprint density at radius 1 is 1.32 bits per heavy atom. The van der Waals surface area contributed by atoms with Gasteiger partial charge in [0.2, 0.25) is 0 Å². The number of fused-ring (bicyclic) bond motifs is 1. The number of phosphoric ester groups is 1. The summed E-state index contributed by atoms with van der Waals surface area (Å²) >= 11 is 0. The van der Waals surface area contributed by atoms with E-state index in [1.807, 2.05) is 0 Å². The minimum absolute atomic E-state index is 0.306. The molecule has 25 heavy (non-hydrogen) atoms. The van der Waals surface area contributed by atoms with Gasteiger partial charge >= 0.3 is 7.82 Å². The SMILES string of the molecule is CC(C)OP(=O)(O)OC(C)C1CCC(n2cnc3c(N)ncnc32)O1. The number of phosphoric acid groups is 1. The fourth-order valence-corrected chi connectivity index (χ4v) is 3.98. The smallest absolute Gasteiger partial charge is 0.382 e. The van der Waals surface area contributed by atoms with E-state index in [2.05, 4.69) is 15.0 Å². The topological polar surface area (TPSA) is 135 Å². The van der Waals surface area contributed by atoms with Crippen molar-refractivity contribution in [3.8, 4) is 0 Å². The van der Waals surface area contributed by atoms with Gasteiger partial charge in [-0.15, -0.1) is 0 Å². The molecule has 2 aromatic heterocycles. The summed E-state index contributed by atoms with van der Waals surface area (Å²) in [4.78, 5) is 22.1. The Kier molecular flexibility index (Phi) is 5.08. The first-order chi connectivity index (χ1) is 11.8. The number of hydrogen-bond acceptors (Lipinski definition) is 8. The van der Waals surface area contributed by atoms with Gasteiger partial charge in [-0.2, -0.15) is 0 Å². The molecule has 4 unspecified atom stereocenters. The zero-order valence-electron chi connectivity index (χ0n) is 14.3. The fraction of sp³-hybridized carbons (Fsp3) is 0.643. The Bertz CT molecular complexity index is 797. The first-order valence-corrected chi connectivity index (χ1v) is 9.54. The molecule has 2 aromatic rings. The molecule has 0 aromatic carbocycles. The van der Waals surface area contributed by atoms with Crippen molar-refractivity contribution >= 4 is 24.8 Å². The third kappa shape index (κ3) is 3.99. The molecule has 0 bridgehead atoms. The van der Waals surface area contributed by atoms with Crippen molar-refractivity contribution < 1.29 is 23.2 Å². The van der Waals surface area contributed by atoms with Crippen LogP contribution in [0.5, 0.6) is 0 Å². The Balaban J connectivity index is 1.69. The van der Waals surface area contributed by atoms with Gasteiger partial charge in [-0.3, -0.25) is 13.6 Å². The number of rotatable bonds is 6. The first kappa shape index (κ1) is 18.2. The van der Waals surface area contributed by atoms with E-state index in [1.165, 1.54) is 6.33 Å². The zero-order chi connectivity index (χ0) is 18.2. The van der Waals surface area contributed by atoms with E-state index in [9.17, 15) is 9.46 Å². The molecule has 3 rings (SSSR count). The average molecular weight is 371 g/mol. The summed E-state index contributed by atoms with van der Waals surface area (Å²) in [7, 11) is -4.12. The molecule has 4 atom stereocenters. The van der Waals surface area contributed by atoms with Gasteiger partial charge < -0.3 is 15.4 Å². The number of aromatic nitrogens is 4. The number of ether oxygens (including phenoxy) is 1. The molecule has 0 saturated carbocycles. The molecule has 1 aliphatic rings. The molecular weight excluding hydrogens is 349 g/mol. The highest BCUT2D eigenvalue weighted by atomic mass is 31.2. The largest absolute Gasteiger partial charge is 0.472 e. The standard InChI is InChI=1S/C14H22N5O5P/c1-8(2)23-25(20,21)24-9(3)10-4-5-11(22-10)19-7-18-12-13(15)16-6-17-14(12)19/h6-11H,4-5H2,1-3H3,(H,20,21)(H2,15,16,17).